The number of rotatable bonds is 1. The van der Waals surface area contributed by atoms with Crippen molar-refractivity contribution in [2.24, 2.45) is 4.99 Å². The van der Waals surface area contributed by atoms with Crippen LogP contribution in [0.1, 0.15) is 0 Å². The van der Waals surface area contributed by atoms with Crippen molar-refractivity contribution in [3.05, 3.63) is 28.2 Å². The summed E-state index contributed by atoms with van der Waals surface area (Å²) in [5.41, 5.74) is 0.491. The number of carbonyl (C=O) groups is 2. The number of hydrogen-bond acceptors (Lipinski definition) is 4. The Kier molecular flexibility index (Phi) is 6.51. The molecule has 0 unspecified atom stereocenters. The summed E-state index contributed by atoms with van der Waals surface area (Å²) in [6, 6.07) is 5.15. The van der Waals surface area contributed by atoms with Crippen LogP contribution in [0.3, 0.4) is 0 Å². The number of amidine groups is 1. The molecule has 2 rings (SSSR count). The highest BCUT2D eigenvalue weighted by molar-refractivity contribution is 8.15. The van der Waals surface area contributed by atoms with E-state index in [1.807, 2.05) is 0 Å². The van der Waals surface area contributed by atoms with Crippen molar-refractivity contribution < 1.29 is 27.9 Å². The van der Waals surface area contributed by atoms with Crippen LogP contribution in [0.2, 0.25) is 10.0 Å². The van der Waals surface area contributed by atoms with Gasteiger partial charge in [0.05, 0.1) is 15.8 Å². The minimum absolute atomic E-state index is 0.0538. The summed E-state index contributed by atoms with van der Waals surface area (Å²) in [4.78, 5) is 24.0. The Labute approximate surface area is 136 Å². The largest absolute Gasteiger partial charge is 0.490 e. The molecule has 1 aromatic carbocycles. The topological polar surface area (TPSA) is 78.8 Å². The van der Waals surface area contributed by atoms with Gasteiger partial charge in [0.15, 0.2) is 5.17 Å². The normalized spacial score (nSPS) is 16.0. The molecule has 0 radical (unpaired) electrons. The maximum Gasteiger partial charge on any atom is 0.490 e. The van der Waals surface area contributed by atoms with E-state index in [1.54, 1.807) is 18.2 Å². The third-order valence-electron chi connectivity index (χ3n) is 1.98. The molecule has 1 heterocycles. The first-order valence-corrected chi connectivity index (χ1v) is 7.11. The number of benzene rings is 1. The van der Waals surface area contributed by atoms with Crippen molar-refractivity contribution >= 4 is 57.7 Å². The van der Waals surface area contributed by atoms with Crippen molar-refractivity contribution in [2.45, 2.75) is 6.18 Å². The van der Waals surface area contributed by atoms with Crippen LogP contribution in [-0.4, -0.2) is 34.1 Å². The minimum atomic E-state index is -5.08. The Morgan fingerprint density at radius 2 is 1.82 bits per heavy atom. The number of carboxylic acid groups (broad SMARTS) is 1. The molecule has 1 aliphatic heterocycles. The van der Waals surface area contributed by atoms with E-state index < -0.39 is 12.1 Å². The number of aliphatic imine (C=N–C) groups is 1. The highest BCUT2D eigenvalue weighted by atomic mass is 35.5. The van der Waals surface area contributed by atoms with E-state index in [-0.39, 0.29) is 5.91 Å². The van der Waals surface area contributed by atoms with Crippen LogP contribution >= 0.6 is 35.0 Å². The average Bonchev–Trinajstić information content (AvgIpc) is 2.79. The lowest BCUT2D eigenvalue weighted by molar-refractivity contribution is -0.192. The summed E-state index contributed by atoms with van der Waals surface area (Å²) < 4.78 is 31.7. The van der Waals surface area contributed by atoms with E-state index >= 15 is 0 Å². The fourth-order valence-corrected chi connectivity index (χ4v) is 2.25. The Balaban J connectivity index is 0.000000295. The SMILES string of the molecule is O=C(O)C(F)(F)F.O=C1CSC(=Nc2c(Cl)cccc2Cl)N1. The first-order valence-electron chi connectivity index (χ1n) is 5.36. The average molecular weight is 375 g/mol. The summed E-state index contributed by atoms with van der Waals surface area (Å²) in [5.74, 6) is -2.42. The standard InChI is InChI=1S/C9H6Cl2N2OS.C2HF3O2/c10-5-2-1-3-6(11)8(5)13-9-12-7(14)4-15-9;3-2(4,5)1(6)7/h1-3H,4H2,(H,12,13,14);(H,6,7). The summed E-state index contributed by atoms with van der Waals surface area (Å²) in [6.07, 6.45) is -5.08. The van der Waals surface area contributed by atoms with Gasteiger partial charge in [-0.2, -0.15) is 13.2 Å². The van der Waals surface area contributed by atoms with Crippen LogP contribution < -0.4 is 5.32 Å². The molecule has 1 aromatic rings. The fourth-order valence-electron chi connectivity index (χ4n) is 1.08. The lowest BCUT2D eigenvalue weighted by Crippen LogP contribution is -2.21. The van der Waals surface area contributed by atoms with Gasteiger partial charge in [0.25, 0.3) is 0 Å². The van der Waals surface area contributed by atoms with Crippen LogP contribution in [0.15, 0.2) is 23.2 Å². The van der Waals surface area contributed by atoms with Crippen molar-refractivity contribution in [1.82, 2.24) is 5.32 Å². The van der Waals surface area contributed by atoms with Gasteiger partial charge in [-0.15, -0.1) is 0 Å². The van der Waals surface area contributed by atoms with E-state index in [4.69, 9.17) is 33.1 Å². The zero-order valence-electron chi connectivity index (χ0n) is 10.4. The summed E-state index contributed by atoms with van der Waals surface area (Å²) in [7, 11) is 0. The highest BCUT2D eigenvalue weighted by Gasteiger charge is 2.38. The molecular weight excluding hydrogens is 368 g/mol. The number of hydrogen-bond donors (Lipinski definition) is 2. The molecule has 1 amide bonds. The molecule has 0 aromatic heterocycles. The molecule has 11 heteroatoms. The molecule has 22 heavy (non-hydrogen) atoms. The van der Waals surface area contributed by atoms with Gasteiger partial charge in [0, 0.05) is 0 Å². The van der Waals surface area contributed by atoms with Gasteiger partial charge in [-0.25, -0.2) is 9.79 Å². The second-order valence-corrected chi connectivity index (χ2v) is 5.41. The molecule has 0 aliphatic carbocycles. The van der Waals surface area contributed by atoms with E-state index in [0.717, 1.165) is 0 Å². The molecule has 1 saturated heterocycles. The van der Waals surface area contributed by atoms with Crippen LogP contribution in [0, 0.1) is 0 Å². The number of aliphatic carboxylic acids is 1. The molecule has 5 nitrogen and oxygen atoms in total. The number of carboxylic acids is 1. The first-order chi connectivity index (χ1) is 10.1. The van der Waals surface area contributed by atoms with Gasteiger partial charge in [0.1, 0.15) is 5.69 Å². The molecule has 1 aliphatic rings. The van der Waals surface area contributed by atoms with Gasteiger partial charge >= 0.3 is 12.1 Å². The molecule has 0 atom stereocenters. The van der Waals surface area contributed by atoms with Crippen LogP contribution in [-0.2, 0) is 9.59 Å². The third-order valence-corrected chi connectivity index (χ3v) is 3.46. The number of alkyl halides is 3. The van der Waals surface area contributed by atoms with Crippen LogP contribution in [0.4, 0.5) is 18.9 Å². The zero-order chi connectivity index (χ0) is 16.9. The molecule has 0 saturated carbocycles. The van der Waals surface area contributed by atoms with Crippen molar-refractivity contribution in [3.8, 4) is 0 Å². The van der Waals surface area contributed by atoms with E-state index in [0.29, 0.717) is 26.7 Å². The Bertz CT molecular complexity index is 603. The quantitative estimate of drug-likeness (QED) is 0.788. The second-order valence-electron chi connectivity index (χ2n) is 3.63. The third kappa shape index (κ3) is 5.74. The predicted molar refractivity (Wildman–Crippen MR) is 77.8 cm³/mol. The number of nitrogens with one attached hydrogen (secondary N) is 1. The van der Waals surface area contributed by atoms with Gasteiger partial charge < -0.3 is 10.4 Å². The number of nitrogens with zero attached hydrogens (tertiary/aromatic N) is 1. The second kappa shape index (κ2) is 7.70. The van der Waals surface area contributed by atoms with Gasteiger partial charge in [-0.05, 0) is 12.1 Å². The van der Waals surface area contributed by atoms with Crippen molar-refractivity contribution in [1.29, 1.82) is 0 Å². The minimum Gasteiger partial charge on any atom is -0.475 e. The lowest BCUT2D eigenvalue weighted by Gasteiger charge is -2.01. The molecular formula is C11H7Cl2F3N2O3S. The number of carbonyl (C=O) groups excluding carboxylic acids is 1. The molecule has 0 spiro atoms. The summed E-state index contributed by atoms with van der Waals surface area (Å²) >= 11 is 13.2. The first kappa shape index (κ1) is 18.6. The number of para-hydroxylation sites is 1. The number of amides is 1. The molecule has 2 N–H and O–H groups in total. The van der Waals surface area contributed by atoms with E-state index in [9.17, 15) is 18.0 Å². The van der Waals surface area contributed by atoms with Gasteiger partial charge in [0.2, 0.25) is 5.91 Å². The summed E-state index contributed by atoms with van der Waals surface area (Å²) in [6.45, 7) is 0. The Morgan fingerprint density at radius 1 is 1.32 bits per heavy atom. The molecule has 0 bridgehead atoms. The van der Waals surface area contributed by atoms with Crippen molar-refractivity contribution in [3.63, 3.8) is 0 Å². The monoisotopic (exact) mass is 374 g/mol. The molecule has 1 fully saturated rings. The Morgan fingerprint density at radius 3 is 2.18 bits per heavy atom. The van der Waals surface area contributed by atoms with E-state index in [2.05, 4.69) is 10.3 Å². The molecule has 120 valence electrons. The van der Waals surface area contributed by atoms with Gasteiger partial charge in [-0.1, -0.05) is 41.0 Å². The number of thioether (sulfide) groups is 1. The lowest BCUT2D eigenvalue weighted by atomic mass is 10.3. The predicted octanol–water partition coefficient (Wildman–Crippen LogP) is 3.48. The summed E-state index contributed by atoms with van der Waals surface area (Å²) in [5, 5.41) is 11.2. The Hall–Kier alpha value is -1.45. The smallest absolute Gasteiger partial charge is 0.475 e. The van der Waals surface area contributed by atoms with Crippen LogP contribution in [0.25, 0.3) is 0 Å². The van der Waals surface area contributed by atoms with Gasteiger partial charge in [-0.3, -0.25) is 4.79 Å². The number of halogens is 5. The zero-order valence-corrected chi connectivity index (χ0v) is 12.8. The fraction of sp³-hybridized carbons (Fsp3) is 0.182. The van der Waals surface area contributed by atoms with Crippen LogP contribution in [0.5, 0.6) is 0 Å². The van der Waals surface area contributed by atoms with E-state index in [1.165, 1.54) is 11.8 Å². The maximum absolute atomic E-state index is 10.9. The van der Waals surface area contributed by atoms with Crippen molar-refractivity contribution in [2.75, 3.05) is 5.75 Å². The highest BCUT2D eigenvalue weighted by Crippen LogP contribution is 2.33. The maximum atomic E-state index is 10.9.